The predicted octanol–water partition coefficient (Wildman–Crippen LogP) is 5.62. The van der Waals surface area contributed by atoms with Gasteiger partial charge in [-0.05, 0) is 58.9 Å². The van der Waals surface area contributed by atoms with E-state index in [1.165, 1.54) is 0 Å². The lowest BCUT2D eigenvalue weighted by Gasteiger charge is -2.49. The molecule has 0 bridgehead atoms. The van der Waals surface area contributed by atoms with Crippen molar-refractivity contribution in [2.75, 3.05) is 32.0 Å². The van der Waals surface area contributed by atoms with E-state index in [1.807, 2.05) is 78.8 Å². The average Bonchev–Trinajstić information content (AvgIpc) is 3.44. The topological polar surface area (TPSA) is 98.8 Å². The van der Waals surface area contributed by atoms with Crippen LogP contribution in [0.25, 0.3) is 0 Å². The lowest BCUT2D eigenvalue weighted by molar-refractivity contribution is -0.201. The summed E-state index contributed by atoms with van der Waals surface area (Å²) in [5, 5.41) is 0. The largest absolute Gasteiger partial charge is 0.377 e. The van der Waals surface area contributed by atoms with Crippen LogP contribution in [0.3, 0.4) is 0 Å². The standard InChI is InChI=1S/C34H50O9S2/c1-9-25(39-20-37-8)33(7)28(40-31(3,4)42-33)21(2)26(35)24-19-45-30-34(27(24)36)29(41-32(5,6)43-34)23(18-44-30)15-16-38-17-22-13-11-10-12-14-22/h10-14,21,23-25,28-30H,9,15-20H2,1-8H3/t21-,23+,24-,25+,28+,29+,30-,33?,34+/m0/s1. The number of methoxy groups -OCH3 is 1. The maximum absolute atomic E-state index is 14.7. The zero-order valence-electron chi connectivity index (χ0n) is 27.9. The number of rotatable bonds is 13. The SMILES string of the molecule is CC[C@@H](OCOC)C1(C)OC(C)(C)O[C@@H]1[C@@H](C)C(=O)[C@@H]1CS[C@@H]2SC[C@@H](CCOCc3ccccc3)[C@H]3OC(C)(C)O[C@@]23C1=O. The fourth-order valence-electron chi connectivity index (χ4n) is 7.58. The third-order valence-electron chi connectivity index (χ3n) is 9.43. The van der Waals surface area contributed by atoms with Gasteiger partial charge in [-0.3, -0.25) is 9.59 Å². The van der Waals surface area contributed by atoms with Crippen molar-refractivity contribution in [1.29, 1.82) is 0 Å². The van der Waals surface area contributed by atoms with Crippen molar-refractivity contribution in [2.24, 2.45) is 17.8 Å². The number of hydrogen-bond acceptors (Lipinski definition) is 11. The second-order valence-corrected chi connectivity index (χ2v) is 16.3. The summed E-state index contributed by atoms with van der Waals surface area (Å²) >= 11 is 3.38. The van der Waals surface area contributed by atoms with Gasteiger partial charge in [0.2, 0.25) is 0 Å². The smallest absolute Gasteiger partial charge is 0.180 e. The molecule has 0 radical (unpaired) electrons. The molecule has 0 aromatic heterocycles. The third kappa shape index (κ3) is 6.94. The van der Waals surface area contributed by atoms with Gasteiger partial charge in [0.25, 0.3) is 0 Å². The molecule has 0 aliphatic carbocycles. The first-order valence-electron chi connectivity index (χ1n) is 16.1. The maximum atomic E-state index is 14.7. The normalized spacial score (nSPS) is 36.7. The summed E-state index contributed by atoms with van der Waals surface area (Å²) in [6.07, 6.45) is -0.109. The minimum Gasteiger partial charge on any atom is -0.377 e. The zero-order valence-corrected chi connectivity index (χ0v) is 29.5. The first-order valence-corrected chi connectivity index (χ1v) is 18.2. The minimum absolute atomic E-state index is 0.0403. The number of carbonyl (C=O) groups excluding carboxylic acids is 2. The number of Topliss-reactive ketones (excluding diaryl/α,β-unsaturated/α-hetero) is 2. The van der Waals surface area contributed by atoms with Gasteiger partial charge >= 0.3 is 0 Å². The Balaban J connectivity index is 1.34. The van der Waals surface area contributed by atoms with Gasteiger partial charge in [0.1, 0.15) is 30.4 Å². The van der Waals surface area contributed by atoms with Crippen LogP contribution in [0.4, 0.5) is 0 Å². The number of thioether (sulfide) groups is 2. The van der Waals surface area contributed by atoms with Gasteiger partial charge in [0, 0.05) is 31.1 Å². The van der Waals surface area contributed by atoms with E-state index in [4.69, 9.17) is 33.2 Å². The Kier molecular flexibility index (Phi) is 10.9. The summed E-state index contributed by atoms with van der Waals surface area (Å²) in [6, 6.07) is 10.1. The molecule has 9 nitrogen and oxygen atoms in total. The van der Waals surface area contributed by atoms with E-state index in [2.05, 4.69) is 0 Å². The molecule has 4 saturated heterocycles. The second kappa shape index (κ2) is 13.8. The Morgan fingerprint density at radius 2 is 1.71 bits per heavy atom. The molecule has 0 amide bonds. The minimum atomic E-state index is -1.22. The summed E-state index contributed by atoms with van der Waals surface area (Å²) in [6.45, 7) is 14.4. The van der Waals surface area contributed by atoms with E-state index >= 15 is 0 Å². The van der Waals surface area contributed by atoms with E-state index in [0.29, 0.717) is 25.4 Å². The Hall–Kier alpha value is -1.02. The molecule has 0 N–H and O–H groups in total. The summed E-state index contributed by atoms with van der Waals surface area (Å²) in [7, 11) is 1.57. The van der Waals surface area contributed by atoms with E-state index in [-0.39, 0.29) is 35.0 Å². The molecular weight excluding hydrogens is 616 g/mol. The fourth-order valence-corrected chi connectivity index (χ4v) is 11.0. The molecule has 4 aliphatic rings. The van der Waals surface area contributed by atoms with Crippen LogP contribution in [0, 0.1) is 17.8 Å². The molecule has 9 atom stereocenters. The first-order chi connectivity index (χ1) is 21.3. The molecule has 0 saturated carbocycles. The highest BCUT2D eigenvalue weighted by Crippen LogP contribution is 2.58. The lowest BCUT2D eigenvalue weighted by atomic mass is 9.74. The monoisotopic (exact) mass is 666 g/mol. The van der Waals surface area contributed by atoms with Crippen molar-refractivity contribution < 1.29 is 42.7 Å². The van der Waals surface area contributed by atoms with E-state index in [9.17, 15) is 9.59 Å². The molecule has 1 spiro atoms. The highest BCUT2D eigenvalue weighted by molar-refractivity contribution is 8.17. The third-order valence-corrected chi connectivity index (χ3v) is 12.7. The molecule has 1 aromatic carbocycles. The summed E-state index contributed by atoms with van der Waals surface area (Å²) in [5.41, 5.74) is -1.03. The second-order valence-electron chi connectivity index (χ2n) is 13.7. The fraction of sp³-hybridized carbons (Fsp3) is 0.765. The molecule has 45 heavy (non-hydrogen) atoms. The molecule has 252 valence electrons. The Bertz CT molecular complexity index is 1200. The van der Waals surface area contributed by atoms with Gasteiger partial charge in [-0.15, -0.1) is 23.5 Å². The van der Waals surface area contributed by atoms with Crippen molar-refractivity contribution in [3.63, 3.8) is 0 Å². The first kappa shape index (κ1) is 35.3. The van der Waals surface area contributed by atoms with Crippen LogP contribution in [0.15, 0.2) is 30.3 Å². The van der Waals surface area contributed by atoms with Crippen molar-refractivity contribution in [1.82, 2.24) is 0 Å². The van der Waals surface area contributed by atoms with Crippen LogP contribution < -0.4 is 0 Å². The van der Waals surface area contributed by atoms with Crippen molar-refractivity contribution >= 4 is 35.1 Å². The molecule has 1 unspecified atom stereocenters. The number of carbonyl (C=O) groups is 2. The lowest BCUT2D eigenvalue weighted by Crippen LogP contribution is -2.65. The summed E-state index contributed by atoms with van der Waals surface area (Å²) < 4.78 is 43.1. The van der Waals surface area contributed by atoms with Crippen LogP contribution in [0.1, 0.15) is 66.9 Å². The van der Waals surface area contributed by atoms with Gasteiger partial charge in [-0.25, -0.2) is 0 Å². The van der Waals surface area contributed by atoms with Gasteiger partial charge < -0.3 is 33.2 Å². The van der Waals surface area contributed by atoms with Crippen LogP contribution in [0.5, 0.6) is 0 Å². The molecule has 4 fully saturated rings. The maximum Gasteiger partial charge on any atom is 0.180 e. The van der Waals surface area contributed by atoms with Gasteiger partial charge in [-0.2, -0.15) is 0 Å². The molecule has 11 heteroatoms. The quantitative estimate of drug-likeness (QED) is 0.149. The molecule has 5 rings (SSSR count). The van der Waals surface area contributed by atoms with E-state index in [0.717, 1.165) is 17.7 Å². The average molecular weight is 667 g/mol. The predicted molar refractivity (Wildman–Crippen MR) is 174 cm³/mol. The van der Waals surface area contributed by atoms with Crippen molar-refractivity contribution in [2.45, 2.75) is 114 Å². The Labute approximate surface area is 276 Å². The zero-order chi connectivity index (χ0) is 32.6. The van der Waals surface area contributed by atoms with Crippen LogP contribution in [0.2, 0.25) is 0 Å². The number of ether oxygens (including phenoxy) is 7. The van der Waals surface area contributed by atoms with Crippen molar-refractivity contribution in [3.05, 3.63) is 35.9 Å². The van der Waals surface area contributed by atoms with Gasteiger partial charge in [0.15, 0.2) is 23.0 Å². The molecule has 4 aliphatic heterocycles. The van der Waals surface area contributed by atoms with Crippen LogP contribution in [-0.4, -0.2) is 89.3 Å². The van der Waals surface area contributed by atoms with E-state index < -0.39 is 46.8 Å². The van der Waals surface area contributed by atoms with Gasteiger partial charge in [-0.1, -0.05) is 44.2 Å². The van der Waals surface area contributed by atoms with Crippen LogP contribution >= 0.6 is 23.5 Å². The summed E-state index contributed by atoms with van der Waals surface area (Å²) in [5.74, 6) is -2.44. The number of benzene rings is 1. The molecule has 1 aromatic rings. The van der Waals surface area contributed by atoms with Crippen molar-refractivity contribution in [3.8, 4) is 0 Å². The highest BCUT2D eigenvalue weighted by Gasteiger charge is 2.70. The van der Waals surface area contributed by atoms with Crippen LogP contribution in [-0.2, 0) is 49.4 Å². The summed E-state index contributed by atoms with van der Waals surface area (Å²) in [4.78, 5) is 29.1. The molecule has 4 heterocycles. The van der Waals surface area contributed by atoms with Gasteiger partial charge in [0.05, 0.1) is 23.2 Å². The Morgan fingerprint density at radius 1 is 1.02 bits per heavy atom. The number of ketones is 2. The number of hydrogen-bond donors (Lipinski definition) is 0. The Morgan fingerprint density at radius 3 is 2.40 bits per heavy atom. The molecular formula is C34H50O9S2. The van der Waals surface area contributed by atoms with E-state index in [1.54, 1.807) is 30.6 Å². The highest BCUT2D eigenvalue weighted by atomic mass is 32.2.